The van der Waals surface area contributed by atoms with Crippen molar-refractivity contribution in [2.45, 2.75) is 6.54 Å². The van der Waals surface area contributed by atoms with Gasteiger partial charge in [-0.3, -0.25) is 9.48 Å². The van der Waals surface area contributed by atoms with Crippen LogP contribution in [0.2, 0.25) is 0 Å². The van der Waals surface area contributed by atoms with Crippen LogP contribution in [0.15, 0.2) is 6.20 Å². The van der Waals surface area contributed by atoms with Crippen LogP contribution in [0.25, 0.3) is 0 Å². The number of hydrogen-bond donors (Lipinski definition) is 2. The van der Waals surface area contributed by atoms with Crippen molar-refractivity contribution in [1.29, 1.82) is 0 Å². The molecule has 1 aromatic rings. The molecule has 0 atom stereocenters. The zero-order valence-electron chi connectivity index (χ0n) is 6.82. The molecule has 1 amide bonds. The standard InChI is InChI=1S/C6H11N5O/c1-11-5(3-9-10-11)2-8-4-6(7)12/h3,8H,2,4H2,1H3,(H2,7,12). The molecule has 0 aromatic carbocycles. The molecule has 1 aromatic heterocycles. The van der Waals surface area contributed by atoms with Gasteiger partial charge in [-0.25, -0.2) is 0 Å². The second kappa shape index (κ2) is 3.82. The maximum atomic E-state index is 10.3. The number of carbonyl (C=O) groups is 1. The Hall–Kier alpha value is -1.43. The van der Waals surface area contributed by atoms with E-state index in [-0.39, 0.29) is 12.5 Å². The Balaban J connectivity index is 2.33. The number of nitrogens with two attached hydrogens (primary N) is 1. The van der Waals surface area contributed by atoms with Gasteiger partial charge in [0.05, 0.1) is 18.4 Å². The third-order valence-electron chi connectivity index (χ3n) is 1.41. The molecule has 0 fully saturated rings. The van der Waals surface area contributed by atoms with E-state index < -0.39 is 0 Å². The molecule has 0 spiro atoms. The highest BCUT2D eigenvalue weighted by Crippen LogP contribution is 1.90. The van der Waals surface area contributed by atoms with Crippen LogP contribution < -0.4 is 11.1 Å². The summed E-state index contributed by atoms with van der Waals surface area (Å²) in [6.07, 6.45) is 1.63. The molecule has 0 aliphatic rings. The Kier molecular flexibility index (Phi) is 2.76. The second-order valence-corrected chi connectivity index (χ2v) is 2.42. The number of rotatable bonds is 4. The lowest BCUT2D eigenvalue weighted by Crippen LogP contribution is -2.28. The fraction of sp³-hybridized carbons (Fsp3) is 0.500. The molecule has 12 heavy (non-hydrogen) atoms. The Labute approximate surface area is 69.7 Å². The average Bonchev–Trinajstić information content (AvgIpc) is 2.36. The minimum absolute atomic E-state index is 0.172. The molecule has 0 saturated carbocycles. The van der Waals surface area contributed by atoms with Gasteiger partial charge in [-0.2, -0.15) is 0 Å². The van der Waals surface area contributed by atoms with E-state index in [4.69, 9.17) is 5.73 Å². The molecule has 0 unspecified atom stereocenters. The van der Waals surface area contributed by atoms with Crippen LogP contribution in [0.3, 0.4) is 0 Å². The third kappa shape index (κ3) is 2.31. The van der Waals surface area contributed by atoms with Crippen molar-refractivity contribution in [3.63, 3.8) is 0 Å². The highest BCUT2D eigenvalue weighted by molar-refractivity contribution is 5.75. The van der Waals surface area contributed by atoms with Crippen molar-refractivity contribution >= 4 is 5.91 Å². The van der Waals surface area contributed by atoms with Gasteiger partial charge < -0.3 is 11.1 Å². The van der Waals surface area contributed by atoms with E-state index in [2.05, 4.69) is 15.6 Å². The van der Waals surface area contributed by atoms with Crippen molar-refractivity contribution in [2.75, 3.05) is 6.54 Å². The van der Waals surface area contributed by atoms with E-state index in [1.165, 1.54) is 0 Å². The van der Waals surface area contributed by atoms with E-state index >= 15 is 0 Å². The summed E-state index contributed by atoms with van der Waals surface area (Å²) in [7, 11) is 1.79. The maximum absolute atomic E-state index is 10.3. The first-order chi connectivity index (χ1) is 5.70. The van der Waals surface area contributed by atoms with Gasteiger partial charge in [0.1, 0.15) is 0 Å². The Bertz CT molecular complexity index is 269. The molecular formula is C6H11N5O. The third-order valence-corrected chi connectivity index (χ3v) is 1.41. The molecule has 6 heteroatoms. The van der Waals surface area contributed by atoms with Crippen molar-refractivity contribution in [2.24, 2.45) is 12.8 Å². The van der Waals surface area contributed by atoms with E-state index in [0.717, 1.165) is 5.69 Å². The van der Waals surface area contributed by atoms with Crippen molar-refractivity contribution in [3.05, 3.63) is 11.9 Å². The molecule has 0 radical (unpaired) electrons. The van der Waals surface area contributed by atoms with Crippen molar-refractivity contribution < 1.29 is 4.79 Å². The van der Waals surface area contributed by atoms with Gasteiger partial charge in [0.25, 0.3) is 0 Å². The van der Waals surface area contributed by atoms with E-state index in [9.17, 15) is 4.79 Å². The van der Waals surface area contributed by atoms with Crippen LogP contribution in [0.5, 0.6) is 0 Å². The molecule has 0 saturated heterocycles. The number of amides is 1. The molecular weight excluding hydrogens is 158 g/mol. The minimum Gasteiger partial charge on any atom is -0.369 e. The molecule has 0 aliphatic heterocycles. The summed E-state index contributed by atoms with van der Waals surface area (Å²) < 4.78 is 1.63. The molecule has 0 aliphatic carbocycles. The maximum Gasteiger partial charge on any atom is 0.231 e. The van der Waals surface area contributed by atoms with Gasteiger partial charge in [-0.1, -0.05) is 5.21 Å². The van der Waals surface area contributed by atoms with Gasteiger partial charge in [0.2, 0.25) is 5.91 Å². The molecule has 1 heterocycles. The van der Waals surface area contributed by atoms with Crippen LogP contribution in [0.4, 0.5) is 0 Å². The summed E-state index contributed by atoms with van der Waals surface area (Å²) in [6, 6.07) is 0. The Morgan fingerprint density at radius 1 is 1.83 bits per heavy atom. The summed E-state index contributed by atoms with van der Waals surface area (Å²) in [4.78, 5) is 10.3. The monoisotopic (exact) mass is 169 g/mol. The number of hydrogen-bond acceptors (Lipinski definition) is 4. The molecule has 6 nitrogen and oxygen atoms in total. The van der Waals surface area contributed by atoms with Crippen molar-refractivity contribution in [1.82, 2.24) is 20.3 Å². The zero-order valence-corrected chi connectivity index (χ0v) is 6.82. The van der Waals surface area contributed by atoms with E-state index in [1.807, 2.05) is 0 Å². The lowest BCUT2D eigenvalue weighted by atomic mass is 10.4. The lowest BCUT2D eigenvalue weighted by Gasteiger charge is -2.00. The number of carbonyl (C=O) groups excluding carboxylic acids is 1. The molecule has 1 rings (SSSR count). The second-order valence-electron chi connectivity index (χ2n) is 2.42. The van der Waals surface area contributed by atoms with Crippen molar-refractivity contribution in [3.8, 4) is 0 Å². The van der Waals surface area contributed by atoms with Gasteiger partial charge in [-0.15, -0.1) is 5.10 Å². The summed E-state index contributed by atoms with van der Waals surface area (Å²) in [5.41, 5.74) is 5.84. The zero-order chi connectivity index (χ0) is 8.97. The van der Waals surface area contributed by atoms with Gasteiger partial charge in [0.15, 0.2) is 0 Å². The fourth-order valence-electron chi connectivity index (χ4n) is 0.785. The number of primary amides is 1. The molecule has 0 bridgehead atoms. The quantitative estimate of drug-likeness (QED) is 0.567. The Morgan fingerprint density at radius 3 is 3.08 bits per heavy atom. The average molecular weight is 169 g/mol. The first-order valence-corrected chi connectivity index (χ1v) is 3.52. The summed E-state index contributed by atoms with van der Waals surface area (Å²) in [5, 5.41) is 10.3. The highest BCUT2D eigenvalue weighted by Gasteiger charge is 1.99. The molecule has 66 valence electrons. The van der Waals surface area contributed by atoms with Gasteiger partial charge in [0, 0.05) is 13.6 Å². The van der Waals surface area contributed by atoms with E-state index in [1.54, 1.807) is 17.9 Å². The first kappa shape index (κ1) is 8.66. The van der Waals surface area contributed by atoms with Crippen LogP contribution in [0, 0.1) is 0 Å². The molecule has 3 N–H and O–H groups in total. The minimum atomic E-state index is -0.370. The van der Waals surface area contributed by atoms with Crippen LogP contribution >= 0.6 is 0 Å². The van der Waals surface area contributed by atoms with Gasteiger partial charge >= 0.3 is 0 Å². The SMILES string of the molecule is Cn1nncc1CNCC(N)=O. The largest absolute Gasteiger partial charge is 0.369 e. The topological polar surface area (TPSA) is 85.8 Å². The predicted octanol–water partition coefficient (Wildman–Crippen LogP) is -1.61. The fourth-order valence-corrected chi connectivity index (χ4v) is 0.785. The van der Waals surface area contributed by atoms with Gasteiger partial charge in [-0.05, 0) is 0 Å². The van der Waals surface area contributed by atoms with Crippen LogP contribution in [0.1, 0.15) is 5.69 Å². The van der Waals surface area contributed by atoms with Crippen LogP contribution in [-0.2, 0) is 18.4 Å². The summed E-state index contributed by atoms with van der Waals surface area (Å²) >= 11 is 0. The Morgan fingerprint density at radius 2 is 2.58 bits per heavy atom. The smallest absolute Gasteiger partial charge is 0.231 e. The number of nitrogens with zero attached hydrogens (tertiary/aromatic N) is 3. The number of aryl methyl sites for hydroxylation is 1. The number of nitrogens with one attached hydrogen (secondary N) is 1. The summed E-state index contributed by atoms with van der Waals surface area (Å²) in [6.45, 7) is 0.720. The highest BCUT2D eigenvalue weighted by atomic mass is 16.1. The van der Waals surface area contributed by atoms with E-state index in [0.29, 0.717) is 6.54 Å². The number of aromatic nitrogens is 3. The normalized spacial score (nSPS) is 10.1. The summed E-state index contributed by atoms with van der Waals surface area (Å²) in [5.74, 6) is -0.370. The predicted molar refractivity (Wildman–Crippen MR) is 41.9 cm³/mol. The van der Waals surface area contributed by atoms with Crippen LogP contribution in [-0.4, -0.2) is 27.4 Å². The first-order valence-electron chi connectivity index (χ1n) is 3.52. The lowest BCUT2D eigenvalue weighted by molar-refractivity contribution is -0.117.